The Bertz CT molecular complexity index is 1110. The van der Waals surface area contributed by atoms with Crippen LogP contribution in [0.2, 0.25) is 0 Å². The highest BCUT2D eigenvalue weighted by molar-refractivity contribution is 5.87. The third kappa shape index (κ3) is 3.85. The Morgan fingerprint density at radius 3 is 2.86 bits per heavy atom. The zero-order chi connectivity index (χ0) is 19.3. The Balaban J connectivity index is 1.41. The molecule has 0 aliphatic carbocycles. The summed E-state index contributed by atoms with van der Waals surface area (Å²) in [5.41, 5.74) is 0.888. The minimum atomic E-state index is -0.603. The van der Waals surface area contributed by atoms with Crippen molar-refractivity contribution in [3.8, 4) is 11.5 Å². The standard InChI is InChI=1S/C20H17N3O5/c24-19(9-7-14-6-8-17-18(12-14)27-11-3-10-26-17)28-13-23-20(25)15-4-1-2-5-16(15)21-22-23/h1-2,4-9,12H,3,10-11,13H2/b9-7+. The minimum Gasteiger partial charge on any atom is -0.490 e. The van der Waals surface area contributed by atoms with E-state index in [1.807, 2.05) is 6.07 Å². The Morgan fingerprint density at radius 1 is 1.14 bits per heavy atom. The molecule has 3 aromatic rings. The van der Waals surface area contributed by atoms with Crippen LogP contribution in [0.1, 0.15) is 12.0 Å². The molecule has 0 bridgehead atoms. The molecule has 8 heteroatoms. The molecule has 0 radical (unpaired) electrons. The Morgan fingerprint density at radius 2 is 1.96 bits per heavy atom. The van der Waals surface area contributed by atoms with E-state index in [0.717, 1.165) is 16.7 Å². The molecule has 28 heavy (non-hydrogen) atoms. The summed E-state index contributed by atoms with van der Waals surface area (Å²) in [4.78, 5) is 24.3. The van der Waals surface area contributed by atoms with Crippen molar-refractivity contribution in [1.29, 1.82) is 0 Å². The lowest BCUT2D eigenvalue weighted by atomic mass is 10.2. The van der Waals surface area contributed by atoms with Gasteiger partial charge < -0.3 is 14.2 Å². The number of rotatable bonds is 4. The molecular weight excluding hydrogens is 362 g/mol. The summed E-state index contributed by atoms with van der Waals surface area (Å²) in [5.74, 6) is 0.728. The fraction of sp³-hybridized carbons (Fsp3) is 0.200. The van der Waals surface area contributed by atoms with Gasteiger partial charge in [0.05, 0.1) is 18.6 Å². The van der Waals surface area contributed by atoms with E-state index < -0.39 is 5.97 Å². The fourth-order valence-electron chi connectivity index (χ4n) is 2.73. The van der Waals surface area contributed by atoms with Gasteiger partial charge in [-0.3, -0.25) is 4.79 Å². The van der Waals surface area contributed by atoms with Crippen LogP contribution < -0.4 is 15.0 Å². The molecule has 0 saturated heterocycles. The summed E-state index contributed by atoms with van der Waals surface area (Å²) >= 11 is 0. The van der Waals surface area contributed by atoms with Crippen LogP contribution >= 0.6 is 0 Å². The quantitative estimate of drug-likeness (QED) is 0.507. The van der Waals surface area contributed by atoms with Gasteiger partial charge in [-0.2, -0.15) is 4.68 Å². The van der Waals surface area contributed by atoms with E-state index in [9.17, 15) is 9.59 Å². The lowest BCUT2D eigenvalue weighted by molar-refractivity contribution is -0.141. The number of hydrogen-bond acceptors (Lipinski definition) is 7. The number of ether oxygens (including phenoxy) is 3. The predicted octanol–water partition coefficient (Wildman–Crippen LogP) is 2.17. The van der Waals surface area contributed by atoms with Crippen molar-refractivity contribution in [1.82, 2.24) is 15.0 Å². The van der Waals surface area contributed by atoms with E-state index in [1.165, 1.54) is 6.08 Å². The highest BCUT2D eigenvalue weighted by atomic mass is 16.5. The smallest absolute Gasteiger partial charge is 0.332 e. The van der Waals surface area contributed by atoms with Gasteiger partial charge in [0.25, 0.3) is 5.56 Å². The van der Waals surface area contributed by atoms with Crippen molar-refractivity contribution in [2.24, 2.45) is 0 Å². The lowest BCUT2D eigenvalue weighted by Gasteiger charge is -2.07. The first-order chi connectivity index (χ1) is 13.7. The Kier molecular flexibility index (Phi) is 5.01. The van der Waals surface area contributed by atoms with Gasteiger partial charge in [-0.1, -0.05) is 23.4 Å². The Labute approximate surface area is 159 Å². The second kappa shape index (κ2) is 7.91. The van der Waals surface area contributed by atoms with Crippen LogP contribution in [0.3, 0.4) is 0 Å². The number of hydrogen-bond donors (Lipinski definition) is 0. The largest absolute Gasteiger partial charge is 0.490 e. The van der Waals surface area contributed by atoms with E-state index in [1.54, 1.807) is 42.5 Å². The summed E-state index contributed by atoms with van der Waals surface area (Å²) in [6, 6.07) is 12.3. The summed E-state index contributed by atoms with van der Waals surface area (Å²) < 4.78 is 17.3. The third-order valence-electron chi connectivity index (χ3n) is 4.14. The average molecular weight is 379 g/mol. The zero-order valence-electron chi connectivity index (χ0n) is 14.9. The van der Waals surface area contributed by atoms with Gasteiger partial charge in [-0.25, -0.2) is 4.79 Å². The average Bonchev–Trinajstić information content (AvgIpc) is 2.97. The monoisotopic (exact) mass is 379 g/mol. The minimum absolute atomic E-state index is 0.318. The van der Waals surface area contributed by atoms with Gasteiger partial charge in [0.2, 0.25) is 0 Å². The topological polar surface area (TPSA) is 92.5 Å². The van der Waals surface area contributed by atoms with Crippen LogP contribution in [0.25, 0.3) is 17.0 Å². The normalized spacial score (nSPS) is 13.4. The molecule has 1 aliphatic rings. The van der Waals surface area contributed by atoms with Crippen molar-refractivity contribution < 1.29 is 19.0 Å². The van der Waals surface area contributed by atoms with E-state index >= 15 is 0 Å². The van der Waals surface area contributed by atoms with Crippen LogP contribution in [-0.4, -0.2) is 34.2 Å². The third-order valence-corrected chi connectivity index (χ3v) is 4.14. The van der Waals surface area contributed by atoms with E-state index in [4.69, 9.17) is 14.2 Å². The number of nitrogens with zero attached hydrogens (tertiary/aromatic N) is 3. The molecule has 0 N–H and O–H groups in total. The molecule has 0 spiro atoms. The summed E-state index contributed by atoms with van der Waals surface area (Å²) in [5, 5.41) is 8.13. The number of benzene rings is 2. The molecule has 1 aromatic heterocycles. The second-order valence-electron chi connectivity index (χ2n) is 6.09. The maximum absolute atomic E-state index is 12.3. The lowest BCUT2D eigenvalue weighted by Crippen LogP contribution is -2.26. The Hall–Kier alpha value is -3.68. The highest BCUT2D eigenvalue weighted by Gasteiger charge is 2.10. The van der Waals surface area contributed by atoms with Gasteiger partial charge >= 0.3 is 5.97 Å². The van der Waals surface area contributed by atoms with E-state index in [-0.39, 0.29) is 12.3 Å². The van der Waals surface area contributed by atoms with Crippen molar-refractivity contribution >= 4 is 22.9 Å². The number of esters is 1. The first-order valence-electron chi connectivity index (χ1n) is 8.78. The molecule has 4 rings (SSSR count). The number of fused-ring (bicyclic) bond motifs is 2. The molecule has 8 nitrogen and oxygen atoms in total. The number of aromatic nitrogens is 3. The van der Waals surface area contributed by atoms with Crippen molar-refractivity contribution in [3.63, 3.8) is 0 Å². The van der Waals surface area contributed by atoms with Crippen LogP contribution in [0.15, 0.2) is 53.3 Å². The first-order valence-corrected chi connectivity index (χ1v) is 8.78. The summed E-state index contributed by atoms with van der Waals surface area (Å²) in [6.45, 7) is 0.885. The maximum Gasteiger partial charge on any atom is 0.332 e. The molecule has 2 heterocycles. The van der Waals surface area contributed by atoms with Crippen LogP contribution in [0.4, 0.5) is 0 Å². The zero-order valence-corrected chi connectivity index (χ0v) is 14.9. The number of carbonyl (C=O) groups is 1. The number of carbonyl (C=O) groups excluding carboxylic acids is 1. The van der Waals surface area contributed by atoms with Gasteiger partial charge in [0, 0.05) is 12.5 Å². The SMILES string of the molecule is O=C(/C=C/c1ccc2c(c1)OCCCO2)OCn1nnc2ccccc2c1=O. The fourth-order valence-corrected chi connectivity index (χ4v) is 2.73. The molecule has 2 aromatic carbocycles. The predicted molar refractivity (Wildman–Crippen MR) is 101 cm³/mol. The van der Waals surface area contributed by atoms with Gasteiger partial charge in [-0.05, 0) is 35.9 Å². The maximum atomic E-state index is 12.3. The summed E-state index contributed by atoms with van der Waals surface area (Å²) in [6.07, 6.45) is 3.70. The van der Waals surface area contributed by atoms with Crippen LogP contribution in [-0.2, 0) is 16.3 Å². The van der Waals surface area contributed by atoms with Crippen molar-refractivity contribution in [2.45, 2.75) is 13.2 Å². The molecule has 0 fully saturated rings. The molecular formula is C20H17N3O5. The van der Waals surface area contributed by atoms with Crippen molar-refractivity contribution in [3.05, 3.63) is 64.5 Å². The van der Waals surface area contributed by atoms with Gasteiger partial charge in [0.1, 0.15) is 5.52 Å². The van der Waals surface area contributed by atoms with Crippen LogP contribution in [0, 0.1) is 0 Å². The second-order valence-corrected chi connectivity index (χ2v) is 6.09. The highest BCUT2D eigenvalue weighted by Crippen LogP contribution is 2.30. The van der Waals surface area contributed by atoms with E-state index in [2.05, 4.69) is 10.3 Å². The van der Waals surface area contributed by atoms with Gasteiger partial charge in [-0.15, -0.1) is 5.10 Å². The molecule has 0 amide bonds. The molecule has 0 unspecified atom stereocenters. The van der Waals surface area contributed by atoms with Crippen LogP contribution in [0.5, 0.6) is 11.5 Å². The van der Waals surface area contributed by atoms with Crippen molar-refractivity contribution in [2.75, 3.05) is 13.2 Å². The molecule has 1 aliphatic heterocycles. The van der Waals surface area contributed by atoms with Gasteiger partial charge in [0.15, 0.2) is 18.2 Å². The molecule has 142 valence electrons. The summed E-state index contributed by atoms with van der Waals surface area (Å²) in [7, 11) is 0. The molecule has 0 atom stereocenters. The van der Waals surface area contributed by atoms with E-state index in [0.29, 0.717) is 35.6 Å². The molecule has 0 saturated carbocycles. The first kappa shape index (κ1) is 17.7.